The highest BCUT2D eigenvalue weighted by molar-refractivity contribution is 6.30. The molecule has 0 saturated carbocycles. The Morgan fingerprint density at radius 3 is 2.45 bits per heavy atom. The molecule has 2 fully saturated rings. The second-order valence-electron chi connectivity index (χ2n) is 8.00. The van der Waals surface area contributed by atoms with Gasteiger partial charge in [-0.15, -0.1) is 0 Å². The molecule has 0 aromatic heterocycles. The van der Waals surface area contributed by atoms with Gasteiger partial charge in [-0.1, -0.05) is 25.4 Å². The number of hydrogen-bond acceptors (Lipinski definition) is 4. The molecule has 3 rings (SSSR count). The van der Waals surface area contributed by atoms with Gasteiger partial charge in [0.05, 0.1) is 6.10 Å². The summed E-state index contributed by atoms with van der Waals surface area (Å²) >= 11 is 5.95. The molecule has 2 heterocycles. The standard InChI is InChI=1S/C21H31ClN4O3/c1-15(2)19(20(27)23-14-18-4-3-13-29-18)24-21(28)26-11-9-25(10-12-26)17-7-5-16(22)6-8-17/h5-8,15,18-19H,3-4,9-14H2,1-2H3,(H,23,27)(H,24,28)/t18-,19-/m1/s1. The van der Waals surface area contributed by atoms with E-state index in [1.165, 1.54) is 0 Å². The molecule has 0 unspecified atom stereocenters. The number of nitrogens with zero attached hydrogens (tertiary/aromatic N) is 2. The van der Waals surface area contributed by atoms with Crippen molar-refractivity contribution in [1.82, 2.24) is 15.5 Å². The fraction of sp³-hybridized carbons (Fsp3) is 0.619. The van der Waals surface area contributed by atoms with E-state index >= 15 is 0 Å². The van der Waals surface area contributed by atoms with Crippen LogP contribution in [0, 0.1) is 5.92 Å². The summed E-state index contributed by atoms with van der Waals surface area (Å²) in [5.74, 6) is -0.151. The third-order valence-electron chi connectivity index (χ3n) is 5.51. The van der Waals surface area contributed by atoms with E-state index in [1.54, 1.807) is 4.90 Å². The molecule has 2 N–H and O–H groups in total. The van der Waals surface area contributed by atoms with Crippen LogP contribution < -0.4 is 15.5 Å². The number of hydrogen-bond donors (Lipinski definition) is 2. The molecule has 2 atom stereocenters. The van der Waals surface area contributed by atoms with E-state index in [0.717, 1.165) is 38.2 Å². The highest BCUT2D eigenvalue weighted by Gasteiger charge is 2.29. The van der Waals surface area contributed by atoms with Gasteiger partial charge >= 0.3 is 6.03 Å². The van der Waals surface area contributed by atoms with Gasteiger partial charge < -0.3 is 25.2 Å². The van der Waals surface area contributed by atoms with Crippen LogP contribution in [-0.2, 0) is 9.53 Å². The van der Waals surface area contributed by atoms with Crippen molar-refractivity contribution in [3.05, 3.63) is 29.3 Å². The van der Waals surface area contributed by atoms with Crippen LogP contribution in [-0.4, -0.2) is 68.3 Å². The van der Waals surface area contributed by atoms with Crippen LogP contribution in [0.1, 0.15) is 26.7 Å². The number of ether oxygens (including phenoxy) is 1. The summed E-state index contributed by atoms with van der Waals surface area (Å²) in [6.45, 7) is 7.83. The first kappa shape index (κ1) is 21.7. The summed E-state index contributed by atoms with van der Waals surface area (Å²) in [7, 11) is 0. The Morgan fingerprint density at radius 1 is 1.17 bits per heavy atom. The predicted molar refractivity (Wildman–Crippen MR) is 114 cm³/mol. The van der Waals surface area contributed by atoms with E-state index in [0.29, 0.717) is 24.7 Å². The minimum Gasteiger partial charge on any atom is -0.376 e. The molecule has 29 heavy (non-hydrogen) atoms. The molecular weight excluding hydrogens is 392 g/mol. The highest BCUT2D eigenvalue weighted by atomic mass is 35.5. The maximum Gasteiger partial charge on any atom is 0.318 e. The molecule has 0 bridgehead atoms. The molecule has 7 nitrogen and oxygen atoms in total. The molecule has 0 radical (unpaired) electrons. The number of amides is 3. The number of halogens is 1. The average Bonchev–Trinajstić information content (AvgIpc) is 3.24. The largest absolute Gasteiger partial charge is 0.376 e. The number of nitrogens with one attached hydrogen (secondary N) is 2. The Morgan fingerprint density at radius 2 is 1.86 bits per heavy atom. The average molecular weight is 423 g/mol. The first-order valence-corrected chi connectivity index (χ1v) is 10.8. The zero-order valence-electron chi connectivity index (χ0n) is 17.2. The van der Waals surface area contributed by atoms with Crippen LogP contribution in [0.3, 0.4) is 0 Å². The number of benzene rings is 1. The van der Waals surface area contributed by atoms with Crippen molar-refractivity contribution in [2.45, 2.75) is 38.8 Å². The van der Waals surface area contributed by atoms with Crippen molar-refractivity contribution >= 4 is 29.2 Å². The van der Waals surface area contributed by atoms with Gasteiger partial charge in [0.1, 0.15) is 6.04 Å². The Hall–Kier alpha value is -1.99. The van der Waals surface area contributed by atoms with E-state index in [4.69, 9.17) is 16.3 Å². The van der Waals surface area contributed by atoms with Crippen LogP contribution in [0.15, 0.2) is 24.3 Å². The quantitative estimate of drug-likeness (QED) is 0.738. The zero-order valence-corrected chi connectivity index (χ0v) is 18.0. The molecule has 2 saturated heterocycles. The van der Waals surface area contributed by atoms with Gasteiger partial charge in [-0.2, -0.15) is 0 Å². The Labute approximate surface area is 177 Å². The van der Waals surface area contributed by atoms with Gasteiger partial charge in [0.2, 0.25) is 5.91 Å². The number of piperazine rings is 1. The molecule has 1 aromatic carbocycles. The second-order valence-corrected chi connectivity index (χ2v) is 8.44. The number of urea groups is 1. The summed E-state index contributed by atoms with van der Waals surface area (Å²) < 4.78 is 5.55. The molecule has 2 aliphatic heterocycles. The van der Waals surface area contributed by atoms with Gasteiger partial charge in [0.25, 0.3) is 0 Å². The van der Waals surface area contributed by atoms with E-state index < -0.39 is 6.04 Å². The number of rotatable bonds is 6. The molecule has 160 valence electrons. The maximum absolute atomic E-state index is 12.7. The van der Waals surface area contributed by atoms with Crippen molar-refractivity contribution in [3.8, 4) is 0 Å². The van der Waals surface area contributed by atoms with E-state index in [-0.39, 0.29) is 24.0 Å². The lowest BCUT2D eigenvalue weighted by molar-refractivity contribution is -0.124. The van der Waals surface area contributed by atoms with Crippen LogP contribution in [0.2, 0.25) is 5.02 Å². The summed E-state index contributed by atoms with van der Waals surface area (Å²) in [6.07, 6.45) is 2.09. The Kier molecular flexibility index (Phi) is 7.61. The molecule has 1 aromatic rings. The fourth-order valence-corrected chi connectivity index (χ4v) is 3.83. The van der Waals surface area contributed by atoms with Crippen molar-refractivity contribution in [1.29, 1.82) is 0 Å². The molecular formula is C21H31ClN4O3. The highest BCUT2D eigenvalue weighted by Crippen LogP contribution is 2.19. The first-order chi connectivity index (χ1) is 13.9. The summed E-state index contributed by atoms with van der Waals surface area (Å²) in [6, 6.07) is 6.98. The Balaban J connectivity index is 1.48. The zero-order chi connectivity index (χ0) is 20.8. The van der Waals surface area contributed by atoms with Crippen molar-refractivity contribution in [2.75, 3.05) is 44.2 Å². The lowest BCUT2D eigenvalue weighted by Gasteiger charge is -2.37. The lowest BCUT2D eigenvalue weighted by Crippen LogP contribution is -2.57. The van der Waals surface area contributed by atoms with Crippen LogP contribution in [0.4, 0.5) is 10.5 Å². The smallest absolute Gasteiger partial charge is 0.318 e. The first-order valence-electron chi connectivity index (χ1n) is 10.4. The van der Waals surface area contributed by atoms with Gasteiger partial charge in [0.15, 0.2) is 0 Å². The summed E-state index contributed by atoms with van der Waals surface area (Å²) in [4.78, 5) is 29.3. The maximum atomic E-state index is 12.7. The molecule has 0 spiro atoms. The van der Waals surface area contributed by atoms with Gasteiger partial charge in [-0.25, -0.2) is 4.79 Å². The third kappa shape index (κ3) is 6.00. The van der Waals surface area contributed by atoms with Crippen LogP contribution >= 0.6 is 11.6 Å². The van der Waals surface area contributed by atoms with Crippen molar-refractivity contribution < 1.29 is 14.3 Å². The summed E-state index contributed by atoms with van der Waals surface area (Å²) in [5.41, 5.74) is 1.10. The van der Waals surface area contributed by atoms with E-state index in [9.17, 15) is 9.59 Å². The van der Waals surface area contributed by atoms with Crippen molar-refractivity contribution in [2.24, 2.45) is 5.92 Å². The normalized spacial score (nSPS) is 20.6. The second kappa shape index (κ2) is 10.2. The Bertz CT molecular complexity index is 684. The summed E-state index contributed by atoms with van der Waals surface area (Å²) in [5, 5.41) is 6.57. The fourth-order valence-electron chi connectivity index (χ4n) is 3.71. The van der Waals surface area contributed by atoms with Crippen LogP contribution in [0.5, 0.6) is 0 Å². The van der Waals surface area contributed by atoms with Gasteiger partial charge in [0, 0.05) is 50.0 Å². The third-order valence-corrected chi connectivity index (χ3v) is 5.77. The van der Waals surface area contributed by atoms with Gasteiger partial charge in [-0.3, -0.25) is 4.79 Å². The predicted octanol–water partition coefficient (Wildman–Crippen LogP) is 2.49. The van der Waals surface area contributed by atoms with Crippen molar-refractivity contribution in [3.63, 3.8) is 0 Å². The topological polar surface area (TPSA) is 73.9 Å². The molecule has 8 heteroatoms. The number of carbonyl (C=O) groups is 2. The monoisotopic (exact) mass is 422 g/mol. The SMILES string of the molecule is CC(C)[C@@H](NC(=O)N1CCN(c2ccc(Cl)cc2)CC1)C(=O)NC[C@H]1CCCO1. The van der Waals surface area contributed by atoms with Crippen LogP contribution in [0.25, 0.3) is 0 Å². The number of anilines is 1. The lowest BCUT2D eigenvalue weighted by atomic mass is 10.0. The van der Waals surface area contributed by atoms with Gasteiger partial charge in [-0.05, 0) is 43.0 Å². The van der Waals surface area contributed by atoms with E-state index in [1.807, 2.05) is 38.1 Å². The molecule has 3 amide bonds. The minimum atomic E-state index is -0.557. The molecule has 0 aliphatic carbocycles. The van der Waals surface area contributed by atoms with E-state index in [2.05, 4.69) is 15.5 Å². The number of carbonyl (C=O) groups excluding carboxylic acids is 2. The molecule has 2 aliphatic rings. The minimum absolute atomic E-state index is 0.00111.